The Bertz CT molecular complexity index is 1150. The van der Waals surface area contributed by atoms with Gasteiger partial charge in [0.2, 0.25) is 5.91 Å². The Morgan fingerprint density at radius 2 is 2.11 bits per heavy atom. The number of carbonyl (C=O) groups excluding carboxylic acids is 1. The van der Waals surface area contributed by atoms with E-state index < -0.39 is 0 Å². The Balaban J connectivity index is 1.44. The lowest BCUT2D eigenvalue weighted by atomic mass is 9.96. The van der Waals surface area contributed by atoms with E-state index in [1.54, 1.807) is 10.7 Å². The second kappa shape index (κ2) is 6.72. The largest absolute Gasteiger partial charge is 0.346 e. The first kappa shape index (κ1) is 16.9. The Labute approximate surface area is 161 Å². The highest BCUT2D eigenvalue weighted by molar-refractivity contribution is 5.99. The maximum Gasteiger partial charge on any atom is 0.227 e. The Morgan fingerprint density at radius 1 is 1.25 bits per heavy atom. The molecular formula is C20H21N7O. The van der Waals surface area contributed by atoms with E-state index in [0.717, 1.165) is 59.4 Å². The highest BCUT2D eigenvalue weighted by Crippen LogP contribution is 2.30. The van der Waals surface area contributed by atoms with E-state index >= 15 is 0 Å². The summed E-state index contributed by atoms with van der Waals surface area (Å²) in [5, 5.41) is 8.15. The molecule has 5 rings (SSSR count). The zero-order valence-electron chi connectivity index (χ0n) is 15.6. The molecule has 2 N–H and O–H groups in total. The summed E-state index contributed by atoms with van der Waals surface area (Å²) in [4.78, 5) is 26.8. The first-order chi connectivity index (χ1) is 13.7. The molecule has 5 heterocycles. The number of hydrogen-bond donors (Lipinski definition) is 2. The molecule has 0 saturated carbocycles. The van der Waals surface area contributed by atoms with Gasteiger partial charge in [0, 0.05) is 29.3 Å². The molecule has 0 radical (unpaired) electrons. The van der Waals surface area contributed by atoms with Gasteiger partial charge in [0.1, 0.15) is 12.0 Å². The van der Waals surface area contributed by atoms with E-state index in [1.165, 1.54) is 6.33 Å². The minimum atomic E-state index is 0.0629. The SMILES string of the molecule is CN1CCC(C(=O)Nc2cnc3[nH]cc(-c4ccn5ncnc5c4)c3c2)CC1. The van der Waals surface area contributed by atoms with Gasteiger partial charge in [-0.1, -0.05) is 0 Å². The molecule has 1 aliphatic rings. The van der Waals surface area contributed by atoms with Crippen molar-refractivity contribution in [2.45, 2.75) is 12.8 Å². The van der Waals surface area contributed by atoms with Crippen LogP contribution in [0.3, 0.4) is 0 Å². The average Bonchev–Trinajstić information content (AvgIpc) is 3.34. The lowest BCUT2D eigenvalue weighted by Crippen LogP contribution is -2.35. The second-order valence-corrected chi connectivity index (χ2v) is 7.37. The maximum atomic E-state index is 12.6. The van der Waals surface area contributed by atoms with Crippen molar-refractivity contribution >= 4 is 28.3 Å². The predicted molar refractivity (Wildman–Crippen MR) is 107 cm³/mol. The van der Waals surface area contributed by atoms with E-state index in [0.29, 0.717) is 0 Å². The van der Waals surface area contributed by atoms with Gasteiger partial charge in [-0.25, -0.2) is 14.5 Å². The highest BCUT2D eigenvalue weighted by atomic mass is 16.1. The van der Waals surface area contributed by atoms with Gasteiger partial charge in [-0.15, -0.1) is 0 Å². The summed E-state index contributed by atoms with van der Waals surface area (Å²) in [6, 6.07) is 5.96. The number of aromatic amines is 1. The number of anilines is 1. The van der Waals surface area contributed by atoms with Gasteiger partial charge in [0.05, 0.1) is 11.9 Å². The number of hydrogen-bond acceptors (Lipinski definition) is 5. The summed E-state index contributed by atoms with van der Waals surface area (Å²) in [6.07, 6.45) is 8.85. The first-order valence-corrected chi connectivity index (χ1v) is 9.44. The van der Waals surface area contributed by atoms with Crippen molar-refractivity contribution in [1.29, 1.82) is 0 Å². The van der Waals surface area contributed by atoms with Crippen LogP contribution in [0.25, 0.3) is 27.8 Å². The Kier molecular flexibility index (Phi) is 4.05. The quantitative estimate of drug-likeness (QED) is 0.574. The van der Waals surface area contributed by atoms with Gasteiger partial charge in [-0.2, -0.15) is 5.10 Å². The summed E-state index contributed by atoms with van der Waals surface area (Å²) in [6.45, 7) is 1.92. The van der Waals surface area contributed by atoms with Crippen molar-refractivity contribution in [3.05, 3.63) is 43.1 Å². The van der Waals surface area contributed by atoms with Gasteiger partial charge in [0.25, 0.3) is 0 Å². The molecule has 0 aromatic carbocycles. The van der Waals surface area contributed by atoms with E-state index in [4.69, 9.17) is 0 Å². The van der Waals surface area contributed by atoms with Crippen molar-refractivity contribution in [2.75, 3.05) is 25.5 Å². The average molecular weight is 375 g/mol. The number of pyridine rings is 2. The molecule has 1 aliphatic heterocycles. The fourth-order valence-electron chi connectivity index (χ4n) is 3.81. The molecule has 0 bridgehead atoms. The van der Waals surface area contributed by atoms with Crippen molar-refractivity contribution < 1.29 is 4.79 Å². The summed E-state index contributed by atoms with van der Waals surface area (Å²) in [7, 11) is 2.09. The van der Waals surface area contributed by atoms with Crippen LogP contribution in [-0.4, -0.2) is 55.5 Å². The van der Waals surface area contributed by atoms with Gasteiger partial charge in [-0.05, 0) is 56.7 Å². The van der Waals surface area contributed by atoms with Crippen LogP contribution < -0.4 is 5.32 Å². The molecule has 1 amide bonds. The summed E-state index contributed by atoms with van der Waals surface area (Å²) in [5.74, 6) is 0.143. The van der Waals surface area contributed by atoms with E-state index in [9.17, 15) is 4.79 Å². The lowest BCUT2D eigenvalue weighted by molar-refractivity contribution is -0.121. The number of nitrogens with one attached hydrogen (secondary N) is 2. The van der Waals surface area contributed by atoms with Crippen molar-refractivity contribution in [1.82, 2.24) is 29.5 Å². The van der Waals surface area contributed by atoms with Crippen molar-refractivity contribution in [3.8, 4) is 11.1 Å². The number of amides is 1. The zero-order chi connectivity index (χ0) is 19.1. The number of nitrogens with zero attached hydrogens (tertiary/aromatic N) is 5. The normalized spacial score (nSPS) is 16.0. The van der Waals surface area contributed by atoms with E-state index in [1.807, 2.05) is 30.6 Å². The number of rotatable bonds is 3. The fourth-order valence-corrected chi connectivity index (χ4v) is 3.81. The first-order valence-electron chi connectivity index (χ1n) is 9.44. The maximum absolute atomic E-state index is 12.6. The molecule has 4 aromatic rings. The second-order valence-electron chi connectivity index (χ2n) is 7.37. The summed E-state index contributed by atoms with van der Waals surface area (Å²) in [5.41, 5.74) is 4.33. The van der Waals surface area contributed by atoms with Crippen molar-refractivity contribution in [2.24, 2.45) is 5.92 Å². The number of H-pyrrole nitrogens is 1. The molecule has 8 heteroatoms. The van der Waals surface area contributed by atoms with E-state index in [-0.39, 0.29) is 11.8 Å². The Hall–Kier alpha value is -3.26. The van der Waals surface area contributed by atoms with Crippen molar-refractivity contribution in [3.63, 3.8) is 0 Å². The minimum absolute atomic E-state index is 0.0629. The smallest absolute Gasteiger partial charge is 0.227 e. The van der Waals surface area contributed by atoms with Crippen LogP contribution in [0, 0.1) is 5.92 Å². The lowest BCUT2D eigenvalue weighted by Gasteiger charge is -2.28. The van der Waals surface area contributed by atoms with Crippen LogP contribution in [0.5, 0.6) is 0 Å². The molecule has 142 valence electrons. The third kappa shape index (κ3) is 3.01. The van der Waals surface area contributed by atoms with Crippen LogP contribution in [-0.2, 0) is 4.79 Å². The zero-order valence-corrected chi connectivity index (χ0v) is 15.6. The van der Waals surface area contributed by atoms with Crippen LogP contribution in [0.4, 0.5) is 5.69 Å². The number of aromatic nitrogens is 5. The van der Waals surface area contributed by atoms with Crippen LogP contribution in [0.2, 0.25) is 0 Å². The topological polar surface area (TPSA) is 91.2 Å². The number of likely N-dealkylation sites (tertiary alicyclic amines) is 1. The number of piperidine rings is 1. The Morgan fingerprint density at radius 3 is 2.96 bits per heavy atom. The number of carbonyl (C=O) groups is 1. The molecule has 1 saturated heterocycles. The molecule has 0 aliphatic carbocycles. The number of fused-ring (bicyclic) bond motifs is 2. The van der Waals surface area contributed by atoms with Gasteiger partial charge in [-0.3, -0.25) is 4.79 Å². The highest BCUT2D eigenvalue weighted by Gasteiger charge is 2.23. The van der Waals surface area contributed by atoms with Gasteiger partial charge in [0.15, 0.2) is 5.65 Å². The minimum Gasteiger partial charge on any atom is -0.346 e. The van der Waals surface area contributed by atoms with Crippen LogP contribution in [0.1, 0.15) is 12.8 Å². The van der Waals surface area contributed by atoms with E-state index in [2.05, 4.69) is 37.3 Å². The summed E-state index contributed by atoms with van der Waals surface area (Å²) < 4.78 is 1.73. The molecule has 8 nitrogen and oxygen atoms in total. The van der Waals surface area contributed by atoms with Crippen LogP contribution in [0.15, 0.2) is 43.1 Å². The molecule has 0 unspecified atom stereocenters. The molecule has 0 atom stereocenters. The monoisotopic (exact) mass is 375 g/mol. The fraction of sp³-hybridized carbons (Fsp3) is 0.300. The predicted octanol–water partition coefficient (Wildman–Crippen LogP) is 2.55. The third-order valence-corrected chi connectivity index (χ3v) is 5.48. The molecular weight excluding hydrogens is 354 g/mol. The molecule has 4 aromatic heterocycles. The molecule has 0 spiro atoms. The van der Waals surface area contributed by atoms with Crippen LogP contribution >= 0.6 is 0 Å². The standard InChI is InChI=1S/C20H21N7O/c1-26-5-2-13(3-6-26)20(28)25-15-9-16-17(11-22-19(16)21-10-15)14-4-7-27-18(8-14)23-12-24-27/h4,7-13H,2-3,5-6H2,1H3,(H,21,22)(H,25,28). The third-order valence-electron chi connectivity index (χ3n) is 5.48. The van der Waals surface area contributed by atoms with Gasteiger partial charge < -0.3 is 15.2 Å². The molecule has 1 fully saturated rings. The summed E-state index contributed by atoms with van der Waals surface area (Å²) >= 11 is 0. The van der Waals surface area contributed by atoms with Gasteiger partial charge >= 0.3 is 0 Å². The molecule has 28 heavy (non-hydrogen) atoms.